The van der Waals surface area contributed by atoms with E-state index in [-0.39, 0.29) is 5.41 Å². The average molecular weight is 213 g/mol. The van der Waals surface area contributed by atoms with Crippen molar-refractivity contribution in [3.8, 4) is 0 Å². The van der Waals surface area contributed by atoms with Crippen LogP contribution in [0.15, 0.2) is 11.8 Å². The molecule has 0 spiro atoms. The number of carboxylic acid groups (broad SMARTS) is 1. The number of carboxylic acids is 1. The van der Waals surface area contributed by atoms with Crippen LogP contribution < -0.4 is 0 Å². The zero-order chi connectivity index (χ0) is 12.1. The van der Waals surface area contributed by atoms with Gasteiger partial charge >= 0.3 is 5.97 Å². The lowest BCUT2D eigenvalue weighted by atomic mass is 9.92. The van der Waals surface area contributed by atoms with Gasteiger partial charge in [0.2, 0.25) is 0 Å². The molecule has 0 saturated heterocycles. The minimum absolute atomic E-state index is 0.133. The Morgan fingerprint density at radius 3 is 2.00 bits per heavy atom. The lowest BCUT2D eigenvalue weighted by Crippen LogP contribution is -2.27. The van der Waals surface area contributed by atoms with Gasteiger partial charge in [-0.15, -0.1) is 0 Å². The molecule has 1 N–H and O–H groups in total. The van der Waals surface area contributed by atoms with Crippen molar-refractivity contribution in [3.05, 3.63) is 11.8 Å². The molecule has 0 fully saturated rings. The minimum atomic E-state index is -0.831. The maximum absolute atomic E-state index is 11.1. The van der Waals surface area contributed by atoms with E-state index >= 15 is 0 Å². The zero-order valence-corrected chi connectivity index (χ0v) is 10.5. The van der Waals surface area contributed by atoms with E-state index in [1.165, 1.54) is 0 Å². The average Bonchev–Trinajstić information content (AvgIpc) is 2.09. The van der Waals surface area contributed by atoms with Gasteiger partial charge < -0.3 is 10.0 Å². The summed E-state index contributed by atoms with van der Waals surface area (Å²) >= 11 is 0. The predicted molar refractivity (Wildman–Crippen MR) is 62.7 cm³/mol. The molecule has 0 atom stereocenters. The van der Waals surface area contributed by atoms with Gasteiger partial charge in [-0.05, 0) is 25.7 Å². The fraction of sp³-hybridized carbons (Fsp3) is 0.750. The van der Waals surface area contributed by atoms with Crippen molar-refractivity contribution in [2.45, 2.75) is 41.0 Å². The van der Waals surface area contributed by atoms with E-state index in [2.05, 4.69) is 20.8 Å². The Morgan fingerprint density at radius 1 is 1.27 bits per heavy atom. The molecule has 0 aromatic rings. The highest BCUT2D eigenvalue weighted by molar-refractivity contribution is 5.85. The van der Waals surface area contributed by atoms with E-state index in [0.717, 1.165) is 19.5 Å². The van der Waals surface area contributed by atoms with Gasteiger partial charge in [0.25, 0.3) is 0 Å². The number of allylic oxidation sites excluding steroid dienone is 1. The fourth-order valence-electron chi connectivity index (χ4n) is 1.32. The first-order valence-corrected chi connectivity index (χ1v) is 5.50. The first-order chi connectivity index (χ1) is 6.81. The second-order valence-electron chi connectivity index (χ2n) is 4.83. The van der Waals surface area contributed by atoms with Gasteiger partial charge in [0.15, 0.2) is 0 Å². The van der Waals surface area contributed by atoms with Crippen molar-refractivity contribution in [1.82, 2.24) is 4.90 Å². The van der Waals surface area contributed by atoms with E-state index in [0.29, 0.717) is 5.70 Å². The number of hydrogen-bond acceptors (Lipinski definition) is 2. The van der Waals surface area contributed by atoms with Crippen LogP contribution in [0.3, 0.4) is 0 Å². The largest absolute Gasteiger partial charge is 0.477 e. The molecule has 0 radical (unpaired) electrons. The smallest absolute Gasteiger partial charge is 0.351 e. The Morgan fingerprint density at radius 2 is 1.73 bits per heavy atom. The van der Waals surface area contributed by atoms with Gasteiger partial charge in [-0.2, -0.15) is 0 Å². The highest BCUT2D eigenvalue weighted by Crippen LogP contribution is 2.20. The molecule has 3 heteroatoms. The van der Waals surface area contributed by atoms with Gasteiger partial charge in [-0.25, -0.2) is 4.79 Å². The summed E-state index contributed by atoms with van der Waals surface area (Å²) in [4.78, 5) is 12.9. The lowest BCUT2D eigenvalue weighted by Gasteiger charge is -2.23. The third-order valence-corrected chi connectivity index (χ3v) is 2.23. The maximum atomic E-state index is 11.1. The molecule has 0 aromatic carbocycles. The number of aliphatic carboxylic acids is 1. The first kappa shape index (κ1) is 14.0. The van der Waals surface area contributed by atoms with Crippen LogP contribution in [0.4, 0.5) is 0 Å². The molecule has 0 aromatic heterocycles. The maximum Gasteiger partial charge on any atom is 0.351 e. The second-order valence-corrected chi connectivity index (χ2v) is 4.83. The summed E-state index contributed by atoms with van der Waals surface area (Å²) in [5.41, 5.74) is 0.559. The Balaban J connectivity index is 4.73. The molecule has 3 nitrogen and oxygen atoms in total. The Kier molecular flexibility index (Phi) is 5.40. The van der Waals surface area contributed by atoms with Crippen molar-refractivity contribution in [2.75, 3.05) is 13.1 Å². The topological polar surface area (TPSA) is 40.5 Å². The standard InChI is InChI=1S/C12H23NO2/c1-6-13(7-2)10(11(14)15)8-9-12(3,4)5/h8H,6-7,9H2,1-5H3,(H,14,15)/b10-8+. The lowest BCUT2D eigenvalue weighted by molar-refractivity contribution is -0.134. The molecule has 88 valence electrons. The van der Waals surface area contributed by atoms with Crippen molar-refractivity contribution in [2.24, 2.45) is 5.41 Å². The number of rotatable bonds is 5. The normalized spacial score (nSPS) is 12.7. The first-order valence-electron chi connectivity index (χ1n) is 5.50. The molecule has 0 rings (SSSR count). The minimum Gasteiger partial charge on any atom is -0.477 e. The Bertz CT molecular complexity index is 234. The number of nitrogens with zero attached hydrogens (tertiary/aromatic N) is 1. The number of hydrogen-bond donors (Lipinski definition) is 1. The third-order valence-electron chi connectivity index (χ3n) is 2.23. The van der Waals surface area contributed by atoms with Crippen molar-refractivity contribution >= 4 is 5.97 Å². The van der Waals surface area contributed by atoms with Crippen LogP contribution in [-0.2, 0) is 4.79 Å². The molecule has 0 bridgehead atoms. The van der Waals surface area contributed by atoms with Crippen molar-refractivity contribution in [1.29, 1.82) is 0 Å². The van der Waals surface area contributed by atoms with Gasteiger partial charge in [0, 0.05) is 13.1 Å². The van der Waals surface area contributed by atoms with E-state index < -0.39 is 5.97 Å². The molecule has 0 aliphatic carbocycles. The van der Waals surface area contributed by atoms with Gasteiger partial charge in [0.05, 0.1) is 0 Å². The van der Waals surface area contributed by atoms with E-state index in [4.69, 9.17) is 5.11 Å². The molecule has 0 saturated carbocycles. The van der Waals surface area contributed by atoms with E-state index in [9.17, 15) is 4.79 Å². The zero-order valence-electron chi connectivity index (χ0n) is 10.5. The molecular formula is C12H23NO2. The van der Waals surface area contributed by atoms with Crippen LogP contribution in [-0.4, -0.2) is 29.1 Å². The van der Waals surface area contributed by atoms with Crippen LogP contribution in [0, 0.1) is 5.41 Å². The molecule has 0 amide bonds. The van der Waals surface area contributed by atoms with Gasteiger partial charge in [0.1, 0.15) is 5.70 Å². The summed E-state index contributed by atoms with van der Waals surface area (Å²) in [6.45, 7) is 11.7. The number of likely N-dealkylation sites (N-methyl/N-ethyl adjacent to an activating group) is 1. The summed E-state index contributed by atoms with van der Waals surface area (Å²) in [6.07, 6.45) is 2.61. The summed E-state index contributed by atoms with van der Waals surface area (Å²) in [6, 6.07) is 0. The summed E-state index contributed by atoms with van der Waals surface area (Å²) < 4.78 is 0. The van der Waals surface area contributed by atoms with E-state index in [1.807, 2.05) is 24.8 Å². The van der Waals surface area contributed by atoms with Crippen LogP contribution in [0.25, 0.3) is 0 Å². The van der Waals surface area contributed by atoms with Gasteiger partial charge in [-0.1, -0.05) is 26.8 Å². The molecule has 0 aliphatic rings. The Hall–Kier alpha value is -0.990. The second kappa shape index (κ2) is 5.79. The third kappa shape index (κ3) is 5.45. The Labute approximate surface area is 92.8 Å². The summed E-state index contributed by atoms with van der Waals surface area (Å²) in [5.74, 6) is -0.831. The SMILES string of the molecule is CCN(CC)/C(=C/CC(C)(C)C)C(=O)O. The molecule has 0 heterocycles. The van der Waals surface area contributed by atoms with Crippen LogP contribution in [0.5, 0.6) is 0 Å². The van der Waals surface area contributed by atoms with Crippen molar-refractivity contribution in [3.63, 3.8) is 0 Å². The highest BCUT2D eigenvalue weighted by Gasteiger charge is 2.15. The van der Waals surface area contributed by atoms with Crippen LogP contribution >= 0.6 is 0 Å². The van der Waals surface area contributed by atoms with Gasteiger partial charge in [-0.3, -0.25) is 0 Å². The summed E-state index contributed by atoms with van der Waals surface area (Å²) in [5, 5.41) is 9.09. The van der Waals surface area contributed by atoms with Crippen LogP contribution in [0.1, 0.15) is 41.0 Å². The van der Waals surface area contributed by atoms with E-state index in [1.54, 1.807) is 0 Å². The quantitative estimate of drug-likeness (QED) is 0.714. The van der Waals surface area contributed by atoms with Crippen molar-refractivity contribution < 1.29 is 9.90 Å². The van der Waals surface area contributed by atoms with Crippen LogP contribution in [0.2, 0.25) is 0 Å². The highest BCUT2D eigenvalue weighted by atomic mass is 16.4. The molecule has 0 aliphatic heterocycles. The molecular weight excluding hydrogens is 190 g/mol. The fourth-order valence-corrected chi connectivity index (χ4v) is 1.32. The summed E-state index contributed by atoms with van der Waals surface area (Å²) in [7, 11) is 0. The molecule has 0 unspecified atom stereocenters. The predicted octanol–water partition coefficient (Wildman–Crippen LogP) is 2.73. The number of carbonyl (C=O) groups is 1. The molecule has 15 heavy (non-hydrogen) atoms. The monoisotopic (exact) mass is 213 g/mol.